The first-order valence-electron chi connectivity index (χ1n) is 6.86. The number of nitrogens with one attached hydrogen (secondary N) is 1. The Hall–Kier alpha value is -1.08. The summed E-state index contributed by atoms with van der Waals surface area (Å²) in [7, 11) is 0. The molecule has 0 atom stereocenters. The van der Waals surface area contributed by atoms with E-state index in [2.05, 4.69) is 14.7 Å². The van der Waals surface area contributed by atoms with Crippen LogP contribution in [0.1, 0.15) is 49.5 Å². The van der Waals surface area contributed by atoms with E-state index >= 15 is 0 Å². The van der Waals surface area contributed by atoms with E-state index in [0.717, 1.165) is 30.8 Å². The Labute approximate surface area is 113 Å². The third-order valence-corrected chi connectivity index (χ3v) is 5.00. The van der Waals surface area contributed by atoms with Crippen molar-refractivity contribution in [3.63, 3.8) is 0 Å². The molecule has 110 valence electrons. The van der Waals surface area contributed by atoms with Gasteiger partial charge in [0.1, 0.15) is 5.82 Å². The fourth-order valence-electron chi connectivity index (χ4n) is 4.03. The van der Waals surface area contributed by atoms with Gasteiger partial charge in [0, 0.05) is 28.8 Å². The number of hydrogen-bond acceptors (Lipinski definition) is 3. The lowest BCUT2D eigenvalue weighted by atomic mass is 9.39. The van der Waals surface area contributed by atoms with E-state index in [-0.39, 0.29) is 16.9 Å². The van der Waals surface area contributed by atoms with E-state index in [1.165, 1.54) is 0 Å². The molecule has 1 heterocycles. The van der Waals surface area contributed by atoms with Crippen molar-refractivity contribution in [2.75, 3.05) is 0 Å². The third kappa shape index (κ3) is 1.79. The van der Waals surface area contributed by atoms with Gasteiger partial charge >= 0.3 is 6.36 Å². The van der Waals surface area contributed by atoms with Crippen molar-refractivity contribution in [1.82, 2.24) is 9.97 Å². The SMILES string of the molecule is NC12CC(c3ncc([C@H]4C[C@@H](OC(F)(F)F)C4)[nH]3)(C1)C2. The van der Waals surface area contributed by atoms with Crippen molar-refractivity contribution in [3.8, 4) is 0 Å². The zero-order valence-corrected chi connectivity index (χ0v) is 10.8. The van der Waals surface area contributed by atoms with Gasteiger partial charge in [0.05, 0.1) is 6.10 Å². The predicted molar refractivity (Wildman–Crippen MR) is 63.9 cm³/mol. The second-order valence-corrected chi connectivity index (χ2v) is 6.71. The second kappa shape index (κ2) is 3.57. The topological polar surface area (TPSA) is 63.9 Å². The maximum Gasteiger partial charge on any atom is 0.522 e. The lowest BCUT2D eigenvalue weighted by Crippen LogP contribution is -2.74. The van der Waals surface area contributed by atoms with E-state index < -0.39 is 12.5 Å². The summed E-state index contributed by atoms with van der Waals surface area (Å²) < 4.78 is 40.2. The van der Waals surface area contributed by atoms with Crippen LogP contribution < -0.4 is 5.73 Å². The first kappa shape index (κ1) is 12.6. The van der Waals surface area contributed by atoms with E-state index in [0.29, 0.717) is 12.8 Å². The van der Waals surface area contributed by atoms with Crippen LogP contribution in [0.25, 0.3) is 0 Å². The molecule has 1 aromatic rings. The van der Waals surface area contributed by atoms with Gasteiger partial charge in [-0.1, -0.05) is 0 Å². The number of aromatic amines is 1. The van der Waals surface area contributed by atoms with Crippen molar-refractivity contribution in [3.05, 3.63) is 17.7 Å². The van der Waals surface area contributed by atoms with Crippen LogP contribution in [0, 0.1) is 0 Å². The normalized spacial score (nSPS) is 42.6. The summed E-state index contributed by atoms with van der Waals surface area (Å²) in [4.78, 5) is 7.70. The Balaban J connectivity index is 1.37. The van der Waals surface area contributed by atoms with Crippen molar-refractivity contribution in [1.29, 1.82) is 0 Å². The minimum Gasteiger partial charge on any atom is -0.345 e. The first-order valence-corrected chi connectivity index (χ1v) is 6.86. The summed E-state index contributed by atoms with van der Waals surface area (Å²) >= 11 is 0. The summed E-state index contributed by atoms with van der Waals surface area (Å²) in [6.45, 7) is 0. The molecule has 4 nitrogen and oxygen atoms in total. The monoisotopic (exact) mass is 287 g/mol. The average Bonchev–Trinajstić information content (AvgIpc) is 2.64. The molecule has 4 saturated carbocycles. The Morgan fingerprint density at radius 2 is 1.95 bits per heavy atom. The van der Waals surface area contributed by atoms with E-state index in [1.54, 1.807) is 6.20 Å². The van der Waals surface area contributed by atoms with Crippen molar-refractivity contribution in [2.24, 2.45) is 5.73 Å². The Morgan fingerprint density at radius 1 is 1.30 bits per heavy atom. The number of rotatable bonds is 3. The Morgan fingerprint density at radius 3 is 2.50 bits per heavy atom. The second-order valence-electron chi connectivity index (χ2n) is 6.71. The summed E-state index contributed by atoms with van der Waals surface area (Å²) in [6, 6.07) is 0. The number of halogens is 3. The van der Waals surface area contributed by atoms with Crippen molar-refractivity contribution in [2.45, 2.75) is 61.4 Å². The van der Waals surface area contributed by atoms with Crippen LogP contribution in [0.3, 0.4) is 0 Å². The molecule has 0 saturated heterocycles. The van der Waals surface area contributed by atoms with Crippen LogP contribution >= 0.6 is 0 Å². The zero-order valence-electron chi connectivity index (χ0n) is 10.8. The molecule has 0 spiro atoms. The molecule has 0 aromatic carbocycles. The highest BCUT2D eigenvalue weighted by molar-refractivity contribution is 5.35. The highest BCUT2D eigenvalue weighted by Gasteiger charge is 2.68. The highest BCUT2D eigenvalue weighted by atomic mass is 19.4. The van der Waals surface area contributed by atoms with Gasteiger partial charge in [0.25, 0.3) is 0 Å². The predicted octanol–water partition coefficient (Wildman–Crippen LogP) is 2.32. The molecule has 4 fully saturated rings. The van der Waals surface area contributed by atoms with Crippen LogP contribution in [0.2, 0.25) is 0 Å². The van der Waals surface area contributed by atoms with Gasteiger partial charge in [-0.3, -0.25) is 4.74 Å². The molecule has 4 aliphatic rings. The van der Waals surface area contributed by atoms with E-state index in [4.69, 9.17) is 5.73 Å². The first-order chi connectivity index (χ1) is 9.27. The maximum atomic E-state index is 12.1. The molecule has 2 bridgehead atoms. The van der Waals surface area contributed by atoms with Crippen LogP contribution in [0.4, 0.5) is 13.2 Å². The summed E-state index contributed by atoms with van der Waals surface area (Å²) in [6.07, 6.45) is 0.216. The van der Waals surface area contributed by atoms with Gasteiger partial charge in [-0.2, -0.15) is 0 Å². The maximum absolute atomic E-state index is 12.1. The Kier molecular flexibility index (Phi) is 2.26. The highest BCUT2D eigenvalue weighted by Crippen LogP contribution is 2.65. The fraction of sp³-hybridized carbons (Fsp3) is 0.769. The number of hydrogen-bond donors (Lipinski definition) is 2. The summed E-state index contributed by atoms with van der Waals surface area (Å²) in [5.41, 5.74) is 7.10. The standard InChI is InChI=1S/C13H16F3N3O/c14-13(15,16)20-8-1-7(2-8)9-3-18-10(19-9)11-4-12(17,5-11)6-11/h3,7-8H,1-2,4-6,17H2,(H,18,19)/t7-,8+,11?,12?. The lowest BCUT2D eigenvalue weighted by molar-refractivity contribution is -0.351. The number of alkyl halides is 3. The van der Waals surface area contributed by atoms with Gasteiger partial charge in [-0.15, -0.1) is 13.2 Å². The smallest absolute Gasteiger partial charge is 0.345 e. The van der Waals surface area contributed by atoms with Crippen LogP contribution in [0.5, 0.6) is 0 Å². The van der Waals surface area contributed by atoms with E-state index in [1.807, 2.05) is 0 Å². The number of ether oxygens (including phenoxy) is 1. The molecule has 20 heavy (non-hydrogen) atoms. The molecule has 3 N–H and O–H groups in total. The van der Waals surface area contributed by atoms with Crippen LogP contribution in [-0.4, -0.2) is 28.0 Å². The van der Waals surface area contributed by atoms with Gasteiger partial charge < -0.3 is 10.7 Å². The molecular weight excluding hydrogens is 271 g/mol. The largest absolute Gasteiger partial charge is 0.522 e. The molecule has 0 radical (unpaired) electrons. The molecule has 5 rings (SSSR count). The lowest BCUT2D eigenvalue weighted by Gasteiger charge is -2.67. The third-order valence-electron chi connectivity index (χ3n) is 5.00. The molecule has 0 amide bonds. The fourth-order valence-corrected chi connectivity index (χ4v) is 4.03. The molecular formula is C13H16F3N3O. The zero-order chi connectivity index (χ0) is 14.2. The number of imidazole rings is 1. The number of nitrogens with two attached hydrogens (primary N) is 1. The van der Waals surface area contributed by atoms with Crippen molar-refractivity contribution < 1.29 is 17.9 Å². The minimum atomic E-state index is -4.53. The van der Waals surface area contributed by atoms with E-state index in [9.17, 15) is 13.2 Å². The number of nitrogens with zero attached hydrogens (tertiary/aromatic N) is 1. The molecule has 1 aromatic heterocycles. The van der Waals surface area contributed by atoms with Gasteiger partial charge in [-0.05, 0) is 32.1 Å². The Bertz CT molecular complexity index is 528. The molecule has 7 heteroatoms. The summed E-state index contributed by atoms with van der Waals surface area (Å²) in [5.74, 6) is 1.06. The van der Waals surface area contributed by atoms with Crippen LogP contribution in [-0.2, 0) is 10.2 Å². The minimum absolute atomic E-state index is 0.0229. The number of H-pyrrole nitrogens is 1. The van der Waals surface area contributed by atoms with Crippen molar-refractivity contribution >= 4 is 0 Å². The number of aromatic nitrogens is 2. The molecule has 4 aliphatic carbocycles. The average molecular weight is 287 g/mol. The molecule has 0 unspecified atom stereocenters. The quantitative estimate of drug-likeness (QED) is 0.896. The van der Waals surface area contributed by atoms with Gasteiger partial charge in [0.15, 0.2) is 0 Å². The molecule has 0 aliphatic heterocycles. The van der Waals surface area contributed by atoms with Gasteiger partial charge in [-0.25, -0.2) is 4.98 Å². The van der Waals surface area contributed by atoms with Crippen LogP contribution in [0.15, 0.2) is 6.20 Å². The van der Waals surface area contributed by atoms with Gasteiger partial charge in [0.2, 0.25) is 0 Å². The summed E-state index contributed by atoms with van der Waals surface area (Å²) in [5, 5.41) is 0.